The highest BCUT2D eigenvalue weighted by molar-refractivity contribution is 5.95. The van der Waals surface area contributed by atoms with E-state index in [1.807, 2.05) is 30.9 Å². The number of carbonyl (C=O) groups is 1. The number of hydrogen-bond donors (Lipinski definition) is 1. The summed E-state index contributed by atoms with van der Waals surface area (Å²) in [5.41, 5.74) is 1.55. The first-order valence-corrected chi connectivity index (χ1v) is 11.9. The van der Waals surface area contributed by atoms with Gasteiger partial charge in [0.2, 0.25) is 0 Å². The molecule has 0 aliphatic carbocycles. The van der Waals surface area contributed by atoms with E-state index in [1.54, 1.807) is 36.4 Å². The van der Waals surface area contributed by atoms with Gasteiger partial charge in [-0.05, 0) is 45.9 Å². The number of fused-ring (bicyclic) bond motifs is 1. The fourth-order valence-electron chi connectivity index (χ4n) is 4.68. The maximum atomic E-state index is 15.3. The number of amides is 1. The quantitative estimate of drug-likeness (QED) is 0.425. The molecule has 1 aliphatic heterocycles. The van der Waals surface area contributed by atoms with E-state index in [4.69, 9.17) is 9.15 Å². The first-order chi connectivity index (χ1) is 17.1. The van der Waals surface area contributed by atoms with Crippen LogP contribution in [0.1, 0.15) is 43.6 Å². The van der Waals surface area contributed by atoms with E-state index in [-0.39, 0.29) is 29.2 Å². The van der Waals surface area contributed by atoms with Crippen molar-refractivity contribution in [3.63, 3.8) is 0 Å². The third-order valence-electron chi connectivity index (χ3n) is 6.35. The maximum absolute atomic E-state index is 15.3. The molecule has 3 heterocycles. The van der Waals surface area contributed by atoms with Gasteiger partial charge < -0.3 is 19.2 Å². The number of halogens is 1. The summed E-state index contributed by atoms with van der Waals surface area (Å²) in [4.78, 5) is 23.4. The minimum Gasteiger partial charge on any atom is -0.452 e. The van der Waals surface area contributed by atoms with Crippen LogP contribution >= 0.6 is 0 Å². The van der Waals surface area contributed by atoms with E-state index < -0.39 is 11.4 Å². The Morgan fingerprint density at radius 2 is 1.78 bits per heavy atom. The smallest absolute Gasteiger partial charge is 0.254 e. The number of morpholine rings is 1. The molecule has 0 spiro atoms. The number of nitrogens with zero attached hydrogens (tertiary/aromatic N) is 3. The first-order valence-electron chi connectivity index (χ1n) is 11.9. The van der Waals surface area contributed by atoms with Crippen molar-refractivity contribution in [2.24, 2.45) is 0 Å². The van der Waals surface area contributed by atoms with Gasteiger partial charge in [-0.3, -0.25) is 4.79 Å². The zero-order chi connectivity index (χ0) is 25.6. The molecule has 36 heavy (non-hydrogen) atoms. The molecule has 4 aromatic rings. The molecule has 1 saturated heterocycles. The summed E-state index contributed by atoms with van der Waals surface area (Å²) in [6, 6.07) is 13.8. The normalized spacial score (nSPS) is 18.6. The van der Waals surface area contributed by atoms with E-state index >= 15 is 4.39 Å². The van der Waals surface area contributed by atoms with Crippen molar-refractivity contribution in [1.29, 1.82) is 0 Å². The molecule has 1 aliphatic rings. The Bertz CT molecular complexity index is 1420. The first kappa shape index (κ1) is 24.1. The number of ether oxygens (including phenoxy) is 1. The van der Waals surface area contributed by atoms with E-state index in [0.717, 1.165) is 5.56 Å². The minimum absolute atomic E-state index is 0.00296. The lowest BCUT2D eigenvalue weighted by molar-refractivity contribution is -0.0586. The largest absolute Gasteiger partial charge is 0.452 e. The van der Waals surface area contributed by atoms with Crippen LogP contribution in [-0.4, -0.2) is 51.2 Å². The van der Waals surface area contributed by atoms with Crippen LogP contribution in [0.3, 0.4) is 0 Å². The van der Waals surface area contributed by atoms with Crippen LogP contribution in [0.4, 0.5) is 4.39 Å². The summed E-state index contributed by atoms with van der Waals surface area (Å²) < 4.78 is 27.2. The van der Waals surface area contributed by atoms with E-state index in [9.17, 15) is 9.90 Å². The number of aliphatic hydroxyl groups is 1. The molecule has 2 aromatic carbocycles. The Balaban J connectivity index is 1.47. The van der Waals surface area contributed by atoms with Gasteiger partial charge in [0, 0.05) is 41.4 Å². The molecular weight excluding hydrogens is 461 g/mol. The van der Waals surface area contributed by atoms with Crippen molar-refractivity contribution in [2.45, 2.75) is 45.5 Å². The zero-order valence-corrected chi connectivity index (χ0v) is 20.7. The second-order valence-corrected chi connectivity index (χ2v) is 9.82. The zero-order valence-electron chi connectivity index (χ0n) is 20.7. The van der Waals surface area contributed by atoms with Crippen molar-refractivity contribution in [2.75, 3.05) is 13.1 Å². The van der Waals surface area contributed by atoms with E-state index in [1.165, 1.54) is 20.2 Å². The third-order valence-corrected chi connectivity index (χ3v) is 6.35. The van der Waals surface area contributed by atoms with Gasteiger partial charge in [-0.1, -0.05) is 24.3 Å². The topological polar surface area (TPSA) is 88.7 Å². The van der Waals surface area contributed by atoms with Crippen molar-refractivity contribution >= 4 is 17.0 Å². The van der Waals surface area contributed by atoms with Gasteiger partial charge in [-0.25, -0.2) is 14.4 Å². The second-order valence-electron chi connectivity index (χ2n) is 9.82. The molecule has 8 heteroatoms. The van der Waals surface area contributed by atoms with Crippen molar-refractivity contribution in [3.8, 4) is 22.6 Å². The number of benzene rings is 2. The Labute approximate surface area is 208 Å². The van der Waals surface area contributed by atoms with Crippen molar-refractivity contribution in [1.82, 2.24) is 14.9 Å². The van der Waals surface area contributed by atoms with Gasteiger partial charge in [0.05, 0.1) is 17.8 Å². The highest BCUT2D eigenvalue weighted by atomic mass is 19.1. The Morgan fingerprint density at radius 3 is 2.44 bits per heavy atom. The summed E-state index contributed by atoms with van der Waals surface area (Å²) in [6.45, 7) is 8.10. The minimum atomic E-state index is -1.35. The molecule has 5 rings (SSSR count). The summed E-state index contributed by atoms with van der Waals surface area (Å²) in [7, 11) is 0. The lowest BCUT2D eigenvalue weighted by Gasteiger charge is -2.35. The molecule has 1 fully saturated rings. The van der Waals surface area contributed by atoms with Crippen LogP contribution in [0, 0.1) is 5.82 Å². The summed E-state index contributed by atoms with van der Waals surface area (Å²) >= 11 is 0. The number of hydrogen-bond acceptors (Lipinski definition) is 6. The molecule has 1 amide bonds. The number of aromatic nitrogens is 2. The van der Waals surface area contributed by atoms with Crippen LogP contribution in [0.15, 0.2) is 59.3 Å². The Kier molecular flexibility index (Phi) is 6.10. The molecule has 2 aromatic heterocycles. The Morgan fingerprint density at radius 1 is 1.08 bits per heavy atom. The van der Waals surface area contributed by atoms with Crippen LogP contribution in [-0.2, 0) is 10.3 Å². The molecule has 1 N–H and O–H groups in total. The van der Waals surface area contributed by atoms with Crippen molar-refractivity contribution in [3.05, 3.63) is 71.8 Å². The molecule has 186 valence electrons. The molecule has 0 radical (unpaired) electrons. The highest BCUT2D eigenvalue weighted by Crippen LogP contribution is 2.36. The average molecular weight is 490 g/mol. The van der Waals surface area contributed by atoms with Gasteiger partial charge in [-0.15, -0.1) is 0 Å². The van der Waals surface area contributed by atoms with Gasteiger partial charge in [-0.2, -0.15) is 0 Å². The van der Waals surface area contributed by atoms with Gasteiger partial charge in [0.25, 0.3) is 5.91 Å². The van der Waals surface area contributed by atoms with Gasteiger partial charge in [0.1, 0.15) is 29.1 Å². The number of carbonyl (C=O) groups excluding carboxylic acids is 1. The van der Waals surface area contributed by atoms with Gasteiger partial charge in [0.15, 0.2) is 5.58 Å². The standard InChI is InChI=1S/C28H28FN3O4/c1-16-13-32(14-17(2)35-16)27(33)19-10-8-18(9-11-19)23-12-22-26(36-23)25(31-15-30-22)20-6-5-7-21(24(20)29)28(3,4)34/h5-12,15-17,34H,13-14H2,1-4H3/t16-,17-/m0/s1. The molecule has 0 unspecified atom stereocenters. The molecule has 0 bridgehead atoms. The molecule has 7 nitrogen and oxygen atoms in total. The Hall–Kier alpha value is -3.62. The predicted octanol–water partition coefficient (Wildman–Crippen LogP) is 5.17. The van der Waals surface area contributed by atoms with Gasteiger partial charge >= 0.3 is 0 Å². The van der Waals surface area contributed by atoms with Crippen LogP contribution in [0.5, 0.6) is 0 Å². The van der Waals surface area contributed by atoms with Crippen LogP contribution in [0.2, 0.25) is 0 Å². The maximum Gasteiger partial charge on any atom is 0.254 e. The molecule has 2 atom stereocenters. The predicted molar refractivity (Wildman–Crippen MR) is 134 cm³/mol. The lowest BCUT2D eigenvalue weighted by Crippen LogP contribution is -2.48. The van der Waals surface area contributed by atoms with E-state index in [2.05, 4.69) is 9.97 Å². The third kappa shape index (κ3) is 4.50. The number of furan rings is 1. The highest BCUT2D eigenvalue weighted by Gasteiger charge is 2.27. The fraction of sp³-hybridized carbons (Fsp3) is 0.321. The monoisotopic (exact) mass is 489 g/mol. The molecule has 0 saturated carbocycles. The fourth-order valence-corrected chi connectivity index (χ4v) is 4.68. The average Bonchev–Trinajstić information content (AvgIpc) is 3.27. The summed E-state index contributed by atoms with van der Waals surface area (Å²) in [6.07, 6.45) is 1.35. The summed E-state index contributed by atoms with van der Waals surface area (Å²) in [5.74, 6) is -0.0699. The van der Waals surface area contributed by atoms with Crippen molar-refractivity contribution < 1.29 is 23.4 Å². The van der Waals surface area contributed by atoms with Crippen LogP contribution in [0.25, 0.3) is 33.7 Å². The SMILES string of the molecule is C[C@H]1CN(C(=O)c2ccc(-c3cc4ncnc(-c5cccc(C(C)(C)O)c5F)c4o3)cc2)C[C@H](C)O1. The second kappa shape index (κ2) is 9.11. The van der Waals surface area contributed by atoms with Crippen LogP contribution < -0.4 is 0 Å². The van der Waals surface area contributed by atoms with E-state index in [0.29, 0.717) is 41.2 Å². The molecular formula is C28H28FN3O4. The lowest BCUT2D eigenvalue weighted by atomic mass is 9.94. The number of rotatable bonds is 4. The summed E-state index contributed by atoms with van der Waals surface area (Å²) in [5, 5.41) is 10.3.